The minimum absolute atomic E-state index is 0.0370. The molecule has 0 N–H and O–H groups in total. The lowest BCUT2D eigenvalue weighted by molar-refractivity contribution is 0.0978. The van der Waals surface area contributed by atoms with Gasteiger partial charge in [-0.2, -0.15) is 11.3 Å². The van der Waals surface area contributed by atoms with E-state index in [4.69, 9.17) is 11.6 Å². The number of Topliss-reactive ketones (excluding diaryl/α,β-unsaturated/α-hetero) is 1. The molecule has 0 aliphatic rings. The lowest BCUT2D eigenvalue weighted by Crippen LogP contribution is -2.04. The van der Waals surface area contributed by atoms with Crippen molar-refractivity contribution in [1.29, 1.82) is 0 Å². The lowest BCUT2D eigenvalue weighted by Gasteiger charge is -2.06. The Morgan fingerprint density at radius 2 is 1.88 bits per heavy atom. The van der Waals surface area contributed by atoms with Crippen molar-refractivity contribution >= 4 is 39.6 Å². The van der Waals surface area contributed by atoms with Crippen LogP contribution in [0.15, 0.2) is 65.6 Å². The molecular formula is C21H15ClN2OS. The van der Waals surface area contributed by atoms with Gasteiger partial charge >= 0.3 is 0 Å². The van der Waals surface area contributed by atoms with Gasteiger partial charge in [-0.15, -0.1) is 0 Å². The number of carbonyl (C=O) groups excluding carboxylic acids is 1. The van der Waals surface area contributed by atoms with Crippen LogP contribution in [-0.4, -0.2) is 15.8 Å². The van der Waals surface area contributed by atoms with E-state index in [0.717, 1.165) is 27.6 Å². The highest BCUT2D eigenvalue weighted by Crippen LogP contribution is 2.28. The zero-order valence-corrected chi connectivity index (χ0v) is 15.4. The second kappa shape index (κ2) is 7.36. The van der Waals surface area contributed by atoms with Gasteiger partial charge in [-0.25, -0.2) is 4.98 Å². The van der Waals surface area contributed by atoms with Gasteiger partial charge in [-0.3, -0.25) is 9.78 Å². The van der Waals surface area contributed by atoms with Crippen LogP contribution in [0.25, 0.3) is 22.0 Å². The number of halogens is 1. The molecule has 1 aromatic carbocycles. The number of hydrogen-bond acceptors (Lipinski definition) is 4. The molecule has 5 heteroatoms. The first-order valence-electron chi connectivity index (χ1n) is 8.26. The van der Waals surface area contributed by atoms with E-state index in [1.165, 1.54) is 0 Å². The molecule has 0 radical (unpaired) electrons. The van der Waals surface area contributed by atoms with Crippen molar-refractivity contribution in [3.8, 4) is 11.1 Å². The first kappa shape index (κ1) is 16.9. The Hall–Kier alpha value is -2.56. The van der Waals surface area contributed by atoms with Crippen molar-refractivity contribution in [2.45, 2.75) is 12.8 Å². The average Bonchev–Trinajstić information content (AvgIpc) is 3.21. The third-order valence-corrected chi connectivity index (χ3v) is 5.21. The summed E-state index contributed by atoms with van der Waals surface area (Å²) in [6.45, 7) is 0. The normalized spacial score (nSPS) is 11.0. The van der Waals surface area contributed by atoms with E-state index in [1.54, 1.807) is 29.8 Å². The number of benzene rings is 1. The maximum absolute atomic E-state index is 12.6. The fourth-order valence-electron chi connectivity index (χ4n) is 2.86. The number of hydrogen-bond donors (Lipinski definition) is 0. The lowest BCUT2D eigenvalue weighted by atomic mass is 10.0. The minimum atomic E-state index is 0.0370. The van der Waals surface area contributed by atoms with E-state index in [-0.39, 0.29) is 5.78 Å². The maximum Gasteiger partial charge on any atom is 0.181 e. The number of fused-ring (bicyclic) bond motifs is 1. The van der Waals surface area contributed by atoms with Crippen LogP contribution in [-0.2, 0) is 6.42 Å². The summed E-state index contributed by atoms with van der Waals surface area (Å²) in [4.78, 5) is 21.6. The Balaban J connectivity index is 1.61. The first-order valence-corrected chi connectivity index (χ1v) is 9.58. The second-order valence-electron chi connectivity index (χ2n) is 6.02. The molecule has 0 saturated carbocycles. The van der Waals surface area contributed by atoms with Gasteiger partial charge in [0, 0.05) is 34.8 Å². The Kier molecular flexibility index (Phi) is 4.78. The summed E-state index contributed by atoms with van der Waals surface area (Å²) < 4.78 is 0. The van der Waals surface area contributed by atoms with Crippen LogP contribution >= 0.6 is 22.9 Å². The quantitative estimate of drug-likeness (QED) is 0.410. The van der Waals surface area contributed by atoms with Crippen LogP contribution < -0.4 is 0 Å². The van der Waals surface area contributed by atoms with Gasteiger partial charge in [0.15, 0.2) is 5.78 Å². The number of rotatable bonds is 5. The average molecular weight is 379 g/mol. The molecule has 0 saturated heterocycles. The molecule has 0 atom stereocenters. The van der Waals surface area contributed by atoms with Crippen molar-refractivity contribution in [2.75, 3.05) is 0 Å². The minimum Gasteiger partial charge on any atom is -0.292 e. The second-order valence-corrected chi connectivity index (χ2v) is 7.23. The Morgan fingerprint density at radius 1 is 1.04 bits per heavy atom. The Bertz CT molecular complexity index is 1060. The topological polar surface area (TPSA) is 42.9 Å². The van der Waals surface area contributed by atoms with Crippen molar-refractivity contribution in [3.05, 3.63) is 81.9 Å². The summed E-state index contributed by atoms with van der Waals surface area (Å²) in [5.41, 5.74) is 4.43. The fourth-order valence-corrected chi connectivity index (χ4v) is 3.65. The molecule has 0 fully saturated rings. The SMILES string of the molecule is O=C(CCc1ccc(Cl)cc1)c1ccc2cncc(-c3ccsc3)c2n1. The van der Waals surface area contributed by atoms with Crippen molar-refractivity contribution in [2.24, 2.45) is 0 Å². The highest BCUT2D eigenvalue weighted by molar-refractivity contribution is 7.08. The molecule has 0 bridgehead atoms. The predicted molar refractivity (Wildman–Crippen MR) is 107 cm³/mol. The molecular weight excluding hydrogens is 364 g/mol. The predicted octanol–water partition coefficient (Wildman–Crippen LogP) is 5.83. The third-order valence-electron chi connectivity index (χ3n) is 4.27. The number of nitrogens with zero attached hydrogens (tertiary/aromatic N) is 2. The summed E-state index contributed by atoms with van der Waals surface area (Å²) in [6.07, 6.45) is 4.67. The molecule has 3 nitrogen and oxygen atoms in total. The molecule has 128 valence electrons. The number of thiophene rings is 1. The highest BCUT2D eigenvalue weighted by Gasteiger charge is 2.12. The number of carbonyl (C=O) groups is 1. The summed E-state index contributed by atoms with van der Waals surface area (Å²) in [5, 5.41) is 5.72. The van der Waals surface area contributed by atoms with Gasteiger partial charge in [0.2, 0.25) is 0 Å². The van der Waals surface area contributed by atoms with Crippen molar-refractivity contribution < 1.29 is 4.79 Å². The number of aryl methyl sites for hydroxylation is 1. The Labute approximate surface area is 160 Å². The summed E-state index contributed by atoms with van der Waals surface area (Å²) >= 11 is 7.53. The number of ketones is 1. The van der Waals surface area contributed by atoms with Crippen molar-refractivity contribution in [1.82, 2.24) is 9.97 Å². The van der Waals surface area contributed by atoms with Gasteiger partial charge in [0.25, 0.3) is 0 Å². The standard InChI is InChI=1S/C21H15ClN2OS/c22-17-5-1-14(2-6-17)3-8-20(25)19-7-4-15-11-23-12-18(21(15)24-19)16-9-10-26-13-16/h1-2,4-7,9-13H,3,8H2. The molecule has 0 aliphatic heterocycles. The van der Waals surface area contributed by atoms with Gasteiger partial charge in [0.05, 0.1) is 5.52 Å². The van der Waals surface area contributed by atoms with Gasteiger partial charge < -0.3 is 0 Å². The van der Waals surface area contributed by atoms with E-state index in [9.17, 15) is 4.79 Å². The van der Waals surface area contributed by atoms with Gasteiger partial charge in [-0.1, -0.05) is 23.7 Å². The van der Waals surface area contributed by atoms with E-state index in [0.29, 0.717) is 23.6 Å². The van der Waals surface area contributed by atoms with E-state index in [1.807, 2.05) is 41.8 Å². The summed E-state index contributed by atoms with van der Waals surface area (Å²) in [7, 11) is 0. The highest BCUT2D eigenvalue weighted by atomic mass is 35.5. The van der Waals surface area contributed by atoms with E-state index >= 15 is 0 Å². The zero-order valence-electron chi connectivity index (χ0n) is 13.9. The Morgan fingerprint density at radius 3 is 2.65 bits per heavy atom. The molecule has 4 rings (SSSR count). The molecule has 3 heterocycles. The van der Waals surface area contributed by atoms with E-state index in [2.05, 4.69) is 15.3 Å². The smallest absolute Gasteiger partial charge is 0.181 e. The molecule has 4 aromatic rings. The van der Waals surface area contributed by atoms with Crippen LogP contribution in [0.1, 0.15) is 22.5 Å². The first-order chi connectivity index (χ1) is 12.7. The molecule has 0 spiro atoms. The van der Waals surface area contributed by atoms with E-state index < -0.39 is 0 Å². The summed E-state index contributed by atoms with van der Waals surface area (Å²) in [6, 6.07) is 13.3. The van der Waals surface area contributed by atoms with Crippen LogP contribution in [0.4, 0.5) is 0 Å². The van der Waals surface area contributed by atoms with Crippen molar-refractivity contribution in [3.63, 3.8) is 0 Å². The molecule has 0 aliphatic carbocycles. The zero-order chi connectivity index (χ0) is 17.9. The molecule has 26 heavy (non-hydrogen) atoms. The number of aromatic nitrogens is 2. The van der Waals surface area contributed by atoms with Gasteiger partial charge in [-0.05, 0) is 58.6 Å². The number of pyridine rings is 2. The third kappa shape index (κ3) is 3.52. The maximum atomic E-state index is 12.6. The van der Waals surface area contributed by atoms with Crippen LogP contribution in [0.5, 0.6) is 0 Å². The molecule has 0 unspecified atom stereocenters. The van der Waals surface area contributed by atoms with Crippen LogP contribution in [0.2, 0.25) is 5.02 Å². The molecule has 0 amide bonds. The fraction of sp³-hybridized carbons (Fsp3) is 0.0952. The summed E-state index contributed by atoms with van der Waals surface area (Å²) in [5.74, 6) is 0.0370. The van der Waals surface area contributed by atoms with Crippen LogP contribution in [0.3, 0.4) is 0 Å². The largest absolute Gasteiger partial charge is 0.292 e. The monoisotopic (exact) mass is 378 g/mol. The van der Waals surface area contributed by atoms with Crippen LogP contribution in [0, 0.1) is 0 Å². The van der Waals surface area contributed by atoms with Gasteiger partial charge in [0.1, 0.15) is 5.69 Å². The molecule has 3 aromatic heterocycles.